The SMILES string of the molecule is NCC(COc1cccc(Br)c1)N1CCCC1. The van der Waals surface area contributed by atoms with Gasteiger partial charge in [-0.2, -0.15) is 0 Å². The molecule has 1 atom stereocenters. The first-order valence-corrected chi connectivity index (χ1v) is 6.91. The van der Waals surface area contributed by atoms with Crippen LogP contribution in [0.5, 0.6) is 5.75 Å². The molecular weight excluding hydrogens is 280 g/mol. The van der Waals surface area contributed by atoms with E-state index < -0.39 is 0 Å². The molecule has 1 fully saturated rings. The van der Waals surface area contributed by atoms with Gasteiger partial charge < -0.3 is 10.5 Å². The van der Waals surface area contributed by atoms with Crippen molar-refractivity contribution < 1.29 is 4.74 Å². The van der Waals surface area contributed by atoms with Crippen molar-refractivity contribution in [3.8, 4) is 5.75 Å². The second-order valence-electron chi connectivity index (χ2n) is 4.40. The van der Waals surface area contributed by atoms with Crippen LogP contribution in [0.1, 0.15) is 12.8 Å². The third-order valence-electron chi connectivity index (χ3n) is 3.17. The molecule has 1 aliphatic rings. The second kappa shape index (κ2) is 6.38. The number of rotatable bonds is 5. The van der Waals surface area contributed by atoms with Gasteiger partial charge in [-0.15, -0.1) is 0 Å². The summed E-state index contributed by atoms with van der Waals surface area (Å²) in [5.41, 5.74) is 5.82. The van der Waals surface area contributed by atoms with Crippen LogP contribution in [0.4, 0.5) is 0 Å². The van der Waals surface area contributed by atoms with E-state index in [2.05, 4.69) is 20.8 Å². The Balaban J connectivity index is 1.87. The van der Waals surface area contributed by atoms with Gasteiger partial charge in [-0.05, 0) is 44.1 Å². The van der Waals surface area contributed by atoms with Crippen molar-refractivity contribution in [2.24, 2.45) is 5.73 Å². The average molecular weight is 299 g/mol. The molecule has 94 valence electrons. The van der Waals surface area contributed by atoms with Crippen molar-refractivity contribution in [3.63, 3.8) is 0 Å². The molecule has 0 saturated carbocycles. The fourth-order valence-corrected chi connectivity index (χ4v) is 2.56. The standard InChI is InChI=1S/C13H19BrN2O/c14-11-4-3-5-13(8-11)17-10-12(9-15)16-6-1-2-7-16/h3-5,8,12H,1-2,6-7,9-10,15H2. The van der Waals surface area contributed by atoms with Crippen LogP contribution in [0.25, 0.3) is 0 Å². The lowest BCUT2D eigenvalue weighted by Crippen LogP contribution is -2.42. The quantitative estimate of drug-likeness (QED) is 0.906. The summed E-state index contributed by atoms with van der Waals surface area (Å²) < 4.78 is 6.84. The molecule has 0 radical (unpaired) electrons. The highest BCUT2D eigenvalue weighted by Gasteiger charge is 2.21. The molecule has 1 aromatic carbocycles. The van der Waals surface area contributed by atoms with E-state index in [0.29, 0.717) is 19.2 Å². The van der Waals surface area contributed by atoms with E-state index in [1.54, 1.807) is 0 Å². The Bertz CT molecular complexity index is 353. The van der Waals surface area contributed by atoms with Crippen LogP contribution in [0.2, 0.25) is 0 Å². The zero-order valence-electron chi connectivity index (χ0n) is 9.94. The third-order valence-corrected chi connectivity index (χ3v) is 3.66. The van der Waals surface area contributed by atoms with Gasteiger partial charge in [0.2, 0.25) is 0 Å². The summed E-state index contributed by atoms with van der Waals surface area (Å²) in [5.74, 6) is 0.900. The Morgan fingerprint density at radius 3 is 2.76 bits per heavy atom. The van der Waals surface area contributed by atoms with E-state index >= 15 is 0 Å². The summed E-state index contributed by atoms with van der Waals surface area (Å²) in [6, 6.07) is 8.27. The molecule has 17 heavy (non-hydrogen) atoms. The molecule has 3 nitrogen and oxygen atoms in total. The van der Waals surface area contributed by atoms with Crippen molar-refractivity contribution in [2.45, 2.75) is 18.9 Å². The summed E-state index contributed by atoms with van der Waals surface area (Å²) in [7, 11) is 0. The zero-order chi connectivity index (χ0) is 12.1. The average Bonchev–Trinajstić information content (AvgIpc) is 2.84. The van der Waals surface area contributed by atoms with Crippen LogP contribution in [0.3, 0.4) is 0 Å². The van der Waals surface area contributed by atoms with E-state index in [-0.39, 0.29) is 0 Å². The Labute approximate surface area is 111 Å². The largest absolute Gasteiger partial charge is 0.492 e. The van der Waals surface area contributed by atoms with Gasteiger partial charge in [0.05, 0.1) is 6.04 Å². The first-order chi connectivity index (χ1) is 8.29. The minimum Gasteiger partial charge on any atom is -0.492 e. The highest BCUT2D eigenvalue weighted by molar-refractivity contribution is 9.10. The Morgan fingerprint density at radius 1 is 1.35 bits per heavy atom. The van der Waals surface area contributed by atoms with Gasteiger partial charge in [-0.25, -0.2) is 0 Å². The number of benzene rings is 1. The van der Waals surface area contributed by atoms with E-state index in [0.717, 1.165) is 23.3 Å². The van der Waals surface area contributed by atoms with Gasteiger partial charge in [-0.1, -0.05) is 22.0 Å². The summed E-state index contributed by atoms with van der Waals surface area (Å²) in [6.07, 6.45) is 2.57. The molecule has 0 aromatic heterocycles. The first kappa shape index (κ1) is 12.9. The maximum atomic E-state index is 5.82. The number of hydrogen-bond donors (Lipinski definition) is 1. The van der Waals surface area contributed by atoms with Crippen LogP contribution in [-0.2, 0) is 0 Å². The fourth-order valence-electron chi connectivity index (χ4n) is 2.18. The van der Waals surface area contributed by atoms with Crippen molar-refractivity contribution in [3.05, 3.63) is 28.7 Å². The lowest BCUT2D eigenvalue weighted by molar-refractivity contribution is 0.165. The molecule has 1 aromatic rings. The van der Waals surface area contributed by atoms with Crippen LogP contribution in [0.15, 0.2) is 28.7 Å². The molecule has 0 aliphatic carbocycles. The van der Waals surface area contributed by atoms with E-state index in [1.807, 2.05) is 24.3 Å². The Hall–Kier alpha value is -0.580. The lowest BCUT2D eigenvalue weighted by atomic mass is 10.3. The van der Waals surface area contributed by atoms with Crippen LogP contribution in [-0.4, -0.2) is 37.2 Å². The molecule has 1 aliphatic heterocycles. The Kier molecular flexibility index (Phi) is 4.83. The van der Waals surface area contributed by atoms with Crippen molar-refractivity contribution >= 4 is 15.9 Å². The number of ether oxygens (including phenoxy) is 1. The third kappa shape index (κ3) is 3.69. The normalized spacial score (nSPS) is 18.2. The zero-order valence-corrected chi connectivity index (χ0v) is 11.5. The number of halogens is 1. The molecule has 1 heterocycles. The van der Waals surface area contributed by atoms with Gasteiger partial charge in [0.1, 0.15) is 12.4 Å². The molecule has 0 spiro atoms. The summed E-state index contributed by atoms with van der Waals surface area (Å²) in [6.45, 7) is 3.65. The molecule has 0 bridgehead atoms. The topological polar surface area (TPSA) is 38.5 Å². The molecule has 2 N–H and O–H groups in total. The molecule has 1 saturated heterocycles. The summed E-state index contributed by atoms with van der Waals surface area (Å²) in [5, 5.41) is 0. The van der Waals surface area contributed by atoms with Gasteiger partial charge in [0.15, 0.2) is 0 Å². The molecule has 1 unspecified atom stereocenters. The van der Waals surface area contributed by atoms with E-state index in [4.69, 9.17) is 10.5 Å². The highest BCUT2D eigenvalue weighted by atomic mass is 79.9. The van der Waals surface area contributed by atoms with Crippen LogP contribution >= 0.6 is 15.9 Å². The van der Waals surface area contributed by atoms with Gasteiger partial charge >= 0.3 is 0 Å². The number of likely N-dealkylation sites (tertiary alicyclic amines) is 1. The van der Waals surface area contributed by atoms with Crippen molar-refractivity contribution in [1.82, 2.24) is 4.90 Å². The predicted octanol–water partition coefficient (Wildman–Crippen LogP) is 2.25. The maximum absolute atomic E-state index is 5.82. The van der Waals surface area contributed by atoms with Crippen LogP contribution in [0, 0.1) is 0 Å². The minimum atomic E-state index is 0.344. The summed E-state index contributed by atoms with van der Waals surface area (Å²) in [4.78, 5) is 2.43. The molecule has 4 heteroatoms. The van der Waals surface area contributed by atoms with Gasteiger partial charge in [0, 0.05) is 11.0 Å². The van der Waals surface area contributed by atoms with Crippen molar-refractivity contribution in [1.29, 1.82) is 0 Å². The number of hydrogen-bond acceptors (Lipinski definition) is 3. The predicted molar refractivity (Wildman–Crippen MR) is 73.3 cm³/mol. The van der Waals surface area contributed by atoms with E-state index in [9.17, 15) is 0 Å². The van der Waals surface area contributed by atoms with Gasteiger partial charge in [-0.3, -0.25) is 4.90 Å². The van der Waals surface area contributed by atoms with Gasteiger partial charge in [0.25, 0.3) is 0 Å². The number of nitrogens with two attached hydrogens (primary N) is 1. The number of nitrogens with zero attached hydrogens (tertiary/aromatic N) is 1. The molecular formula is C13H19BrN2O. The first-order valence-electron chi connectivity index (χ1n) is 6.12. The fraction of sp³-hybridized carbons (Fsp3) is 0.538. The minimum absolute atomic E-state index is 0.344. The highest BCUT2D eigenvalue weighted by Crippen LogP contribution is 2.19. The van der Waals surface area contributed by atoms with Crippen molar-refractivity contribution in [2.75, 3.05) is 26.2 Å². The molecule has 2 rings (SSSR count). The monoisotopic (exact) mass is 298 g/mol. The van der Waals surface area contributed by atoms with E-state index in [1.165, 1.54) is 12.8 Å². The smallest absolute Gasteiger partial charge is 0.120 e. The maximum Gasteiger partial charge on any atom is 0.120 e. The molecule has 0 amide bonds. The lowest BCUT2D eigenvalue weighted by Gasteiger charge is -2.26. The van der Waals surface area contributed by atoms with Crippen LogP contribution < -0.4 is 10.5 Å². The second-order valence-corrected chi connectivity index (χ2v) is 5.32. The summed E-state index contributed by atoms with van der Waals surface area (Å²) >= 11 is 3.44. The Morgan fingerprint density at radius 2 is 2.12 bits per heavy atom.